The molecular weight excluding hydrogens is 816 g/mol. The Morgan fingerprint density at radius 2 is 1.65 bits per heavy atom. The number of pyridine rings is 1. The highest BCUT2D eigenvalue weighted by Crippen LogP contribution is 2.36. The Balaban J connectivity index is 0.000000762. The van der Waals surface area contributed by atoms with Crippen LogP contribution < -0.4 is 25.8 Å². The lowest BCUT2D eigenvalue weighted by Gasteiger charge is -2.50. The van der Waals surface area contributed by atoms with Crippen molar-refractivity contribution in [3.8, 4) is 17.0 Å². The van der Waals surface area contributed by atoms with E-state index in [4.69, 9.17) is 9.90 Å². The smallest absolute Gasteiger partial charge is 0.490 e. The molecule has 0 spiro atoms. The molecule has 1 unspecified atom stereocenters. The number of anilines is 3. The third-order valence-electron chi connectivity index (χ3n) is 12.0. The number of para-hydroxylation sites is 1. The number of carbonyl (C=O) groups excluding carboxylic acids is 4. The van der Waals surface area contributed by atoms with E-state index in [0.717, 1.165) is 62.8 Å². The van der Waals surface area contributed by atoms with E-state index in [2.05, 4.69) is 64.6 Å². The van der Waals surface area contributed by atoms with Crippen LogP contribution in [-0.2, 0) is 14.4 Å². The van der Waals surface area contributed by atoms with Gasteiger partial charge in [-0.1, -0.05) is 12.1 Å². The molecule has 4 saturated heterocycles. The predicted octanol–water partition coefficient (Wildman–Crippen LogP) is 2.76. The summed E-state index contributed by atoms with van der Waals surface area (Å²) in [5.41, 5.74) is 3.37. The fraction of sp³-hybridized carbons (Fsp3) is 0.512. The van der Waals surface area contributed by atoms with Crippen molar-refractivity contribution < 1.29 is 47.4 Å². The van der Waals surface area contributed by atoms with Crippen LogP contribution in [0.25, 0.3) is 11.3 Å². The Hall–Kier alpha value is -6.25. The molecule has 2 aromatic heterocycles. The van der Waals surface area contributed by atoms with Crippen LogP contribution in [0.1, 0.15) is 50.0 Å². The number of nitrogens with one attached hydrogen (secondary N) is 3. The fourth-order valence-corrected chi connectivity index (χ4v) is 8.95. The number of rotatable bonds is 6. The molecule has 1 aromatic carbocycles. The maximum absolute atomic E-state index is 14.1. The fourth-order valence-electron chi connectivity index (χ4n) is 8.95. The number of halogens is 3. The van der Waals surface area contributed by atoms with Gasteiger partial charge >= 0.3 is 18.2 Å². The Morgan fingerprint density at radius 3 is 2.32 bits per heavy atom. The standard InChI is InChI=1S/C39H49N11O5.C2HF3O2/c1-24-20-46(22-26-10-13-47(14-11-26)27-9-12-40-32(17-27)38(54)42-30-7-8-35(52)43-37(30)53)21-25(2)50(24)39(55)48-15-16-49-28(23-48)19-41-36-33(49)18-31(44-45-36)29-5-3-4-6-34(29)51;3-2(4,5)1(6)7/h3-6,9,12,17-18,24-26,28,30,51H,7-8,10-11,13-16,19-23H2,1-2H3,(H,41,45)(H,42,54)(H,43,52,53);(H,6,7)/t24-,25+,28-,30?;/m0./s1. The number of fused-ring (bicyclic) bond motifs is 3. The van der Waals surface area contributed by atoms with E-state index in [0.29, 0.717) is 43.4 Å². The summed E-state index contributed by atoms with van der Waals surface area (Å²) in [6.45, 7) is 11.3. The molecule has 7 heterocycles. The summed E-state index contributed by atoms with van der Waals surface area (Å²) in [5, 5.41) is 34.7. The number of urea groups is 1. The first-order valence-electron chi connectivity index (χ1n) is 20.7. The van der Waals surface area contributed by atoms with Crippen molar-refractivity contribution >= 4 is 46.9 Å². The summed E-state index contributed by atoms with van der Waals surface area (Å²) < 4.78 is 31.7. The lowest BCUT2D eigenvalue weighted by Crippen LogP contribution is -2.65. The summed E-state index contributed by atoms with van der Waals surface area (Å²) in [5.74, 6) is -2.58. The molecule has 4 atom stereocenters. The number of alkyl halides is 3. The zero-order chi connectivity index (χ0) is 44.3. The number of carboxylic acid groups (broad SMARTS) is 1. The second kappa shape index (κ2) is 18.4. The molecule has 0 saturated carbocycles. The predicted molar refractivity (Wildman–Crippen MR) is 219 cm³/mol. The lowest BCUT2D eigenvalue weighted by atomic mass is 9.94. The molecule has 8 rings (SSSR count). The van der Waals surface area contributed by atoms with E-state index in [1.54, 1.807) is 24.4 Å². The number of amides is 5. The monoisotopic (exact) mass is 865 g/mol. The minimum Gasteiger partial charge on any atom is -0.507 e. The zero-order valence-electron chi connectivity index (χ0n) is 34.3. The van der Waals surface area contributed by atoms with Gasteiger partial charge in [-0.05, 0) is 69.4 Å². The van der Waals surface area contributed by atoms with Crippen molar-refractivity contribution in [2.24, 2.45) is 5.92 Å². The number of phenolic OH excluding ortho intramolecular Hbond substituents is 1. The van der Waals surface area contributed by atoms with Gasteiger partial charge in [-0.15, -0.1) is 10.2 Å². The van der Waals surface area contributed by atoms with Gasteiger partial charge < -0.3 is 40.4 Å². The maximum atomic E-state index is 14.1. The molecule has 21 heteroatoms. The van der Waals surface area contributed by atoms with Gasteiger partial charge in [-0.2, -0.15) is 13.2 Å². The van der Waals surface area contributed by atoms with Gasteiger partial charge in [-0.3, -0.25) is 29.6 Å². The van der Waals surface area contributed by atoms with Crippen LogP contribution in [-0.4, -0.2) is 159 Å². The number of benzene rings is 1. The first-order valence-corrected chi connectivity index (χ1v) is 20.7. The molecule has 4 fully saturated rings. The van der Waals surface area contributed by atoms with E-state index >= 15 is 0 Å². The Bertz CT molecular complexity index is 2160. The van der Waals surface area contributed by atoms with Crippen molar-refractivity contribution in [3.05, 3.63) is 54.4 Å². The molecule has 0 bridgehead atoms. The van der Waals surface area contributed by atoms with Crippen LogP contribution in [0, 0.1) is 5.92 Å². The second-order valence-corrected chi connectivity index (χ2v) is 16.4. The maximum Gasteiger partial charge on any atom is 0.490 e. The molecule has 0 radical (unpaired) electrons. The van der Waals surface area contributed by atoms with Crippen molar-refractivity contribution in [1.82, 2.24) is 40.5 Å². The van der Waals surface area contributed by atoms with Crippen LogP contribution >= 0.6 is 0 Å². The number of aromatic nitrogens is 3. The Labute approximate surface area is 355 Å². The minimum absolute atomic E-state index is 0.0810. The van der Waals surface area contributed by atoms with Crippen LogP contribution in [0.2, 0.25) is 0 Å². The lowest BCUT2D eigenvalue weighted by molar-refractivity contribution is -0.192. The SMILES string of the molecule is C[C@@H]1CN(CC2CCN(c3ccnc(C(=O)NC4CCC(=O)NC4=O)c3)CC2)C[C@H](C)N1C(=O)N1CCN2c3cc(-c4ccccc4O)nnc3NC[C@H]2C1.O=C(O)C(F)(F)F. The summed E-state index contributed by atoms with van der Waals surface area (Å²) in [6, 6.07) is 12.4. The van der Waals surface area contributed by atoms with E-state index in [-0.39, 0.29) is 54.3 Å². The highest BCUT2D eigenvalue weighted by Gasteiger charge is 2.41. The average molecular weight is 866 g/mol. The number of piperidine rings is 2. The van der Waals surface area contributed by atoms with E-state index in [1.807, 2.05) is 29.2 Å². The molecule has 5 N–H and O–H groups in total. The highest BCUT2D eigenvalue weighted by molar-refractivity contribution is 6.03. The summed E-state index contributed by atoms with van der Waals surface area (Å²) in [7, 11) is 0. The second-order valence-electron chi connectivity index (χ2n) is 16.4. The van der Waals surface area contributed by atoms with Crippen molar-refractivity contribution in [3.63, 3.8) is 0 Å². The number of carboxylic acids is 1. The number of carbonyl (C=O) groups is 5. The highest BCUT2D eigenvalue weighted by atomic mass is 19.4. The Morgan fingerprint density at radius 1 is 0.935 bits per heavy atom. The summed E-state index contributed by atoms with van der Waals surface area (Å²) >= 11 is 0. The normalized spacial score (nSPS) is 23.2. The summed E-state index contributed by atoms with van der Waals surface area (Å²) in [6.07, 6.45) is -0.951. The average Bonchev–Trinajstić information content (AvgIpc) is 3.24. The molecule has 5 aliphatic heterocycles. The first-order chi connectivity index (χ1) is 29.5. The molecule has 0 aliphatic carbocycles. The molecule has 18 nitrogen and oxygen atoms in total. The van der Waals surface area contributed by atoms with E-state index in [9.17, 15) is 37.5 Å². The molecular formula is C41H50F3N11O7. The summed E-state index contributed by atoms with van der Waals surface area (Å²) in [4.78, 5) is 74.9. The number of hydrogen-bond donors (Lipinski definition) is 5. The molecule has 5 aliphatic rings. The van der Waals surface area contributed by atoms with Gasteiger partial charge in [0.25, 0.3) is 5.91 Å². The van der Waals surface area contributed by atoms with Gasteiger partial charge in [0, 0.05) is 94.9 Å². The van der Waals surface area contributed by atoms with Gasteiger partial charge in [0.1, 0.15) is 17.5 Å². The van der Waals surface area contributed by atoms with E-state index in [1.165, 1.54) is 0 Å². The first kappa shape index (κ1) is 43.8. The van der Waals surface area contributed by atoms with Crippen molar-refractivity contribution in [2.75, 3.05) is 74.0 Å². The number of aliphatic carboxylic acids is 1. The number of piperazine rings is 2. The number of aromatic hydroxyl groups is 1. The van der Waals surface area contributed by atoms with Crippen LogP contribution in [0.5, 0.6) is 5.75 Å². The minimum atomic E-state index is -5.08. The third-order valence-corrected chi connectivity index (χ3v) is 12.0. The van der Waals surface area contributed by atoms with Gasteiger partial charge in [0.2, 0.25) is 11.8 Å². The number of nitrogens with zero attached hydrogens (tertiary/aromatic N) is 8. The zero-order valence-corrected chi connectivity index (χ0v) is 34.3. The molecule has 5 amide bonds. The van der Waals surface area contributed by atoms with Gasteiger partial charge in [0.05, 0.1) is 17.4 Å². The third kappa shape index (κ3) is 9.93. The molecule has 332 valence electrons. The van der Waals surface area contributed by atoms with Gasteiger partial charge in [0.15, 0.2) is 5.82 Å². The molecule has 3 aromatic rings. The largest absolute Gasteiger partial charge is 0.507 e. The number of imide groups is 1. The van der Waals surface area contributed by atoms with Crippen molar-refractivity contribution in [1.29, 1.82) is 0 Å². The number of phenols is 1. The molecule has 62 heavy (non-hydrogen) atoms. The van der Waals surface area contributed by atoms with E-state index < -0.39 is 30.0 Å². The Kier molecular flexibility index (Phi) is 13.0. The number of hydrogen-bond acceptors (Lipinski definition) is 13. The van der Waals surface area contributed by atoms with Crippen molar-refractivity contribution in [2.45, 2.75) is 69.9 Å². The van der Waals surface area contributed by atoms with Crippen LogP contribution in [0.3, 0.4) is 0 Å². The van der Waals surface area contributed by atoms with Gasteiger partial charge in [-0.25, -0.2) is 9.59 Å². The van der Waals surface area contributed by atoms with Crippen LogP contribution in [0.15, 0.2) is 48.7 Å². The quantitative estimate of drug-likeness (QED) is 0.226. The van der Waals surface area contributed by atoms with Crippen LogP contribution in [0.4, 0.5) is 35.2 Å². The topological polar surface area (TPSA) is 217 Å².